The van der Waals surface area contributed by atoms with Crippen LogP contribution in [0.25, 0.3) is 0 Å². The highest BCUT2D eigenvalue weighted by Gasteiger charge is 2.08. The second-order valence-corrected chi connectivity index (χ2v) is 3.96. The molecule has 4 nitrogen and oxygen atoms in total. The van der Waals surface area contributed by atoms with E-state index in [1.165, 1.54) is 0 Å². The molecular formula is C15H12N2O2. The number of ether oxygens (including phenoxy) is 1. The Hall–Kier alpha value is -2.80. The lowest BCUT2D eigenvalue weighted by Crippen LogP contribution is -2.12. The lowest BCUT2D eigenvalue weighted by atomic mass is 10.1. The minimum absolute atomic E-state index is 0.278. The smallest absolute Gasteiger partial charge is 0.252 e. The molecule has 0 aromatic heterocycles. The van der Waals surface area contributed by atoms with Gasteiger partial charge in [0.15, 0.2) is 0 Å². The summed E-state index contributed by atoms with van der Waals surface area (Å²) in [5.41, 5.74) is 7.05. The molecule has 0 bridgehead atoms. The van der Waals surface area contributed by atoms with Gasteiger partial charge in [-0.2, -0.15) is 5.26 Å². The largest absolute Gasteiger partial charge is 0.488 e. The summed E-state index contributed by atoms with van der Waals surface area (Å²) in [5.74, 6) is -0.0845. The number of para-hydroxylation sites is 1. The number of nitrogens with two attached hydrogens (primary N) is 1. The van der Waals surface area contributed by atoms with Crippen LogP contribution in [0.4, 0.5) is 0 Å². The van der Waals surface area contributed by atoms with Crippen LogP contribution in [-0.2, 0) is 6.61 Å². The monoisotopic (exact) mass is 252 g/mol. The molecule has 0 aliphatic carbocycles. The van der Waals surface area contributed by atoms with E-state index in [-0.39, 0.29) is 6.61 Å². The molecule has 2 rings (SSSR count). The van der Waals surface area contributed by atoms with Gasteiger partial charge in [-0.05, 0) is 29.8 Å². The van der Waals surface area contributed by atoms with E-state index < -0.39 is 5.91 Å². The number of carbonyl (C=O) groups is 1. The van der Waals surface area contributed by atoms with Crippen LogP contribution in [0, 0.1) is 11.3 Å². The fraction of sp³-hybridized carbons (Fsp3) is 0.0667. The quantitative estimate of drug-likeness (QED) is 0.906. The number of amides is 1. The highest BCUT2D eigenvalue weighted by atomic mass is 16.5. The minimum Gasteiger partial charge on any atom is -0.488 e. The second kappa shape index (κ2) is 5.69. The van der Waals surface area contributed by atoms with E-state index in [0.717, 1.165) is 5.56 Å². The molecule has 0 aliphatic heterocycles. The van der Waals surface area contributed by atoms with E-state index in [4.69, 9.17) is 15.7 Å². The summed E-state index contributed by atoms with van der Waals surface area (Å²) in [4.78, 5) is 11.2. The van der Waals surface area contributed by atoms with Gasteiger partial charge in [0, 0.05) is 0 Å². The lowest BCUT2D eigenvalue weighted by molar-refractivity contribution is 0.0996. The van der Waals surface area contributed by atoms with E-state index in [1.807, 2.05) is 6.07 Å². The van der Waals surface area contributed by atoms with Gasteiger partial charge in [0.25, 0.3) is 5.91 Å². The van der Waals surface area contributed by atoms with Crippen LogP contribution in [0.3, 0.4) is 0 Å². The molecule has 4 heteroatoms. The first-order valence-corrected chi connectivity index (χ1v) is 5.71. The van der Waals surface area contributed by atoms with Gasteiger partial charge in [-0.15, -0.1) is 0 Å². The Balaban J connectivity index is 2.15. The van der Waals surface area contributed by atoms with Crippen LogP contribution in [-0.4, -0.2) is 5.91 Å². The summed E-state index contributed by atoms with van der Waals surface area (Å²) in [6, 6.07) is 16.0. The second-order valence-electron chi connectivity index (χ2n) is 3.96. The summed E-state index contributed by atoms with van der Waals surface area (Å²) in [7, 11) is 0. The molecule has 0 aliphatic rings. The molecule has 0 spiro atoms. The van der Waals surface area contributed by atoms with Crippen molar-refractivity contribution in [3.8, 4) is 11.8 Å². The van der Waals surface area contributed by atoms with Crippen molar-refractivity contribution in [3.05, 3.63) is 65.2 Å². The Morgan fingerprint density at radius 2 is 2.00 bits per heavy atom. The fourth-order valence-electron chi connectivity index (χ4n) is 1.69. The Morgan fingerprint density at radius 1 is 1.21 bits per heavy atom. The van der Waals surface area contributed by atoms with Gasteiger partial charge in [0.1, 0.15) is 12.4 Å². The molecule has 2 aromatic carbocycles. The number of nitriles is 1. The van der Waals surface area contributed by atoms with Crippen LogP contribution in [0.5, 0.6) is 5.75 Å². The molecular weight excluding hydrogens is 240 g/mol. The van der Waals surface area contributed by atoms with Crippen LogP contribution < -0.4 is 10.5 Å². The molecule has 0 unspecified atom stereocenters. The summed E-state index contributed by atoms with van der Waals surface area (Å²) >= 11 is 0. The maximum atomic E-state index is 11.2. The summed E-state index contributed by atoms with van der Waals surface area (Å²) in [5, 5.41) is 8.81. The molecule has 2 N–H and O–H groups in total. The zero-order chi connectivity index (χ0) is 13.7. The lowest BCUT2D eigenvalue weighted by Gasteiger charge is -2.09. The van der Waals surface area contributed by atoms with E-state index in [0.29, 0.717) is 16.9 Å². The van der Waals surface area contributed by atoms with Crippen molar-refractivity contribution in [3.63, 3.8) is 0 Å². The zero-order valence-corrected chi connectivity index (χ0v) is 10.2. The molecule has 0 saturated heterocycles. The first-order valence-electron chi connectivity index (χ1n) is 5.71. The average Bonchev–Trinajstić information content (AvgIpc) is 2.45. The van der Waals surface area contributed by atoms with Gasteiger partial charge in [-0.1, -0.05) is 24.3 Å². The van der Waals surface area contributed by atoms with Gasteiger partial charge < -0.3 is 10.5 Å². The molecule has 0 saturated carbocycles. The summed E-state index contributed by atoms with van der Waals surface area (Å²) in [6.07, 6.45) is 0. The number of hydrogen-bond donors (Lipinski definition) is 1. The third-order valence-electron chi connectivity index (χ3n) is 2.60. The molecule has 0 heterocycles. The zero-order valence-electron chi connectivity index (χ0n) is 10.2. The predicted octanol–water partition coefficient (Wildman–Crippen LogP) is 2.24. The topological polar surface area (TPSA) is 76.1 Å². The average molecular weight is 252 g/mol. The normalized spacial score (nSPS) is 9.63. The van der Waals surface area contributed by atoms with Crippen LogP contribution in [0.2, 0.25) is 0 Å². The van der Waals surface area contributed by atoms with Gasteiger partial charge in [-0.25, -0.2) is 0 Å². The van der Waals surface area contributed by atoms with Crippen LogP contribution >= 0.6 is 0 Å². The highest BCUT2D eigenvalue weighted by Crippen LogP contribution is 2.18. The van der Waals surface area contributed by atoms with Gasteiger partial charge >= 0.3 is 0 Å². The number of rotatable bonds is 4. The van der Waals surface area contributed by atoms with Gasteiger partial charge in [0.2, 0.25) is 0 Å². The van der Waals surface area contributed by atoms with Crippen LogP contribution in [0.15, 0.2) is 48.5 Å². The third kappa shape index (κ3) is 3.11. The Kier molecular flexibility index (Phi) is 3.79. The number of benzene rings is 2. The van der Waals surface area contributed by atoms with Gasteiger partial charge in [-0.3, -0.25) is 4.79 Å². The van der Waals surface area contributed by atoms with E-state index >= 15 is 0 Å². The number of primary amides is 1. The van der Waals surface area contributed by atoms with Crippen molar-refractivity contribution in [1.29, 1.82) is 5.26 Å². The van der Waals surface area contributed by atoms with E-state index in [1.54, 1.807) is 42.5 Å². The third-order valence-corrected chi connectivity index (χ3v) is 2.60. The molecule has 94 valence electrons. The molecule has 19 heavy (non-hydrogen) atoms. The Morgan fingerprint density at radius 3 is 2.74 bits per heavy atom. The number of hydrogen-bond acceptors (Lipinski definition) is 3. The highest BCUT2D eigenvalue weighted by molar-refractivity contribution is 5.95. The van der Waals surface area contributed by atoms with Gasteiger partial charge in [0.05, 0.1) is 17.2 Å². The van der Waals surface area contributed by atoms with Crippen molar-refractivity contribution in [1.82, 2.24) is 0 Å². The molecule has 0 fully saturated rings. The van der Waals surface area contributed by atoms with Crippen molar-refractivity contribution >= 4 is 5.91 Å². The predicted molar refractivity (Wildman–Crippen MR) is 70.4 cm³/mol. The SMILES string of the molecule is N#Cc1cccc(COc2ccccc2C(N)=O)c1. The Bertz CT molecular complexity index is 645. The van der Waals surface area contributed by atoms with E-state index in [2.05, 4.69) is 6.07 Å². The van der Waals surface area contributed by atoms with Crippen LogP contribution in [0.1, 0.15) is 21.5 Å². The molecule has 0 atom stereocenters. The Labute approximate surface area is 111 Å². The molecule has 2 aromatic rings. The van der Waals surface area contributed by atoms with Crippen molar-refractivity contribution in [2.45, 2.75) is 6.61 Å². The molecule has 0 radical (unpaired) electrons. The maximum Gasteiger partial charge on any atom is 0.252 e. The van der Waals surface area contributed by atoms with E-state index in [9.17, 15) is 4.79 Å². The fourth-order valence-corrected chi connectivity index (χ4v) is 1.69. The number of nitrogens with zero attached hydrogens (tertiary/aromatic N) is 1. The number of carbonyl (C=O) groups excluding carboxylic acids is 1. The van der Waals surface area contributed by atoms with Crippen molar-refractivity contribution in [2.24, 2.45) is 5.73 Å². The maximum absolute atomic E-state index is 11.2. The standard InChI is InChI=1S/C15H12N2O2/c16-9-11-4-3-5-12(8-11)10-19-14-7-2-1-6-13(14)15(17)18/h1-8H,10H2,(H2,17,18). The van der Waals surface area contributed by atoms with Crippen molar-refractivity contribution in [2.75, 3.05) is 0 Å². The minimum atomic E-state index is -0.527. The first kappa shape index (κ1) is 12.7. The summed E-state index contributed by atoms with van der Waals surface area (Å²) < 4.78 is 5.57. The first-order chi connectivity index (χ1) is 9.20. The van der Waals surface area contributed by atoms with Crippen molar-refractivity contribution < 1.29 is 9.53 Å². The summed E-state index contributed by atoms with van der Waals surface area (Å²) in [6.45, 7) is 0.278. The molecule has 1 amide bonds.